The van der Waals surface area contributed by atoms with Crippen LogP contribution in [0.3, 0.4) is 0 Å². The van der Waals surface area contributed by atoms with Crippen LogP contribution in [-0.2, 0) is 16.4 Å². The minimum atomic E-state index is -3.24. The number of aliphatic imine (C=N–C) groups is 1. The van der Waals surface area contributed by atoms with E-state index in [1.54, 1.807) is 16.1 Å². The highest BCUT2D eigenvalue weighted by Crippen LogP contribution is 2.45. The molecular formula is C19H23N3O2S2. The Morgan fingerprint density at radius 3 is 2.85 bits per heavy atom. The van der Waals surface area contributed by atoms with Crippen molar-refractivity contribution in [2.24, 2.45) is 4.99 Å². The largest absolute Gasteiger partial charge is 0.315 e. The predicted octanol–water partition coefficient (Wildman–Crippen LogP) is 3.43. The van der Waals surface area contributed by atoms with E-state index in [4.69, 9.17) is 4.99 Å². The monoisotopic (exact) mass is 389 g/mol. The fourth-order valence-corrected chi connectivity index (χ4v) is 7.17. The van der Waals surface area contributed by atoms with Crippen molar-refractivity contribution >= 4 is 38.3 Å². The fourth-order valence-electron chi connectivity index (χ4n) is 4.90. The predicted molar refractivity (Wildman–Crippen MR) is 108 cm³/mol. The molecule has 0 N–H and O–H groups in total. The fraction of sp³-hybridized carbons (Fsp3) is 0.526. The number of amidine groups is 1. The summed E-state index contributed by atoms with van der Waals surface area (Å²) in [5.74, 6) is 0. The Morgan fingerprint density at radius 1 is 1.23 bits per heavy atom. The summed E-state index contributed by atoms with van der Waals surface area (Å²) in [5, 5.41) is 3.35. The molecule has 0 aromatic heterocycles. The SMILES string of the molecule is C[C@H]1Cc2cc(C3=CSC4=N[C@@H]5CCCC[C@@H]5N34)ccc2N1S(C)(=O)=O. The Bertz CT molecular complexity index is 938. The molecule has 1 saturated carbocycles. The Morgan fingerprint density at radius 2 is 2.04 bits per heavy atom. The van der Waals surface area contributed by atoms with E-state index in [0.29, 0.717) is 12.1 Å². The van der Waals surface area contributed by atoms with Crippen molar-refractivity contribution in [3.63, 3.8) is 0 Å². The van der Waals surface area contributed by atoms with Crippen LogP contribution in [0.15, 0.2) is 28.6 Å². The number of fused-ring (bicyclic) bond motifs is 4. The molecule has 3 heterocycles. The first-order valence-corrected chi connectivity index (χ1v) is 12.0. The first-order chi connectivity index (χ1) is 12.4. The number of sulfonamides is 1. The molecule has 1 aromatic rings. The molecule has 7 heteroatoms. The molecule has 5 nitrogen and oxygen atoms in total. The van der Waals surface area contributed by atoms with Crippen molar-refractivity contribution in [3.05, 3.63) is 34.7 Å². The topological polar surface area (TPSA) is 53.0 Å². The van der Waals surface area contributed by atoms with Gasteiger partial charge in [0.1, 0.15) is 0 Å². The van der Waals surface area contributed by atoms with Crippen molar-refractivity contribution in [1.29, 1.82) is 0 Å². The molecule has 138 valence electrons. The van der Waals surface area contributed by atoms with Crippen molar-refractivity contribution in [1.82, 2.24) is 4.90 Å². The van der Waals surface area contributed by atoms with E-state index in [9.17, 15) is 8.42 Å². The van der Waals surface area contributed by atoms with Crippen LogP contribution in [0.4, 0.5) is 5.69 Å². The van der Waals surface area contributed by atoms with Crippen LogP contribution >= 0.6 is 11.8 Å². The molecule has 0 unspecified atom stereocenters. The summed E-state index contributed by atoms with van der Waals surface area (Å²) in [6.07, 6.45) is 7.03. The Balaban J connectivity index is 1.50. The number of rotatable bonds is 2. The molecular weight excluding hydrogens is 366 g/mol. The molecule has 26 heavy (non-hydrogen) atoms. The maximum Gasteiger partial charge on any atom is 0.232 e. The van der Waals surface area contributed by atoms with Crippen LogP contribution in [0.5, 0.6) is 0 Å². The Labute approximate surface area is 159 Å². The van der Waals surface area contributed by atoms with E-state index in [1.165, 1.54) is 43.2 Å². The molecule has 4 aliphatic rings. The molecule has 3 aliphatic heterocycles. The van der Waals surface area contributed by atoms with Gasteiger partial charge in [-0.05, 0) is 49.4 Å². The minimum absolute atomic E-state index is 0.0196. The van der Waals surface area contributed by atoms with Crippen LogP contribution in [0.25, 0.3) is 5.70 Å². The average Bonchev–Trinajstić information content (AvgIpc) is 3.23. The van der Waals surface area contributed by atoms with Gasteiger partial charge in [0.2, 0.25) is 10.0 Å². The normalized spacial score (nSPS) is 30.0. The summed E-state index contributed by atoms with van der Waals surface area (Å²) in [6, 6.07) is 7.16. The zero-order valence-corrected chi connectivity index (χ0v) is 16.7. The number of anilines is 1. The Kier molecular flexibility index (Phi) is 3.70. The van der Waals surface area contributed by atoms with Gasteiger partial charge < -0.3 is 4.90 Å². The van der Waals surface area contributed by atoms with Gasteiger partial charge in [0.05, 0.1) is 29.7 Å². The summed E-state index contributed by atoms with van der Waals surface area (Å²) in [7, 11) is -3.24. The van der Waals surface area contributed by atoms with Gasteiger partial charge in [-0.15, -0.1) is 0 Å². The molecule has 0 spiro atoms. The van der Waals surface area contributed by atoms with Gasteiger partial charge in [-0.25, -0.2) is 8.42 Å². The van der Waals surface area contributed by atoms with Crippen molar-refractivity contribution in [3.8, 4) is 0 Å². The third kappa shape index (κ3) is 2.43. The zero-order valence-electron chi connectivity index (χ0n) is 15.1. The summed E-state index contributed by atoms with van der Waals surface area (Å²) in [5.41, 5.74) is 4.36. The lowest BCUT2D eigenvalue weighted by Gasteiger charge is -2.32. The highest BCUT2D eigenvalue weighted by Gasteiger charge is 2.42. The lowest BCUT2D eigenvalue weighted by molar-refractivity contribution is 0.305. The second kappa shape index (κ2) is 5.76. The van der Waals surface area contributed by atoms with E-state index >= 15 is 0 Å². The van der Waals surface area contributed by atoms with Gasteiger partial charge in [0.25, 0.3) is 0 Å². The van der Waals surface area contributed by atoms with Crippen molar-refractivity contribution in [2.75, 3.05) is 10.6 Å². The first-order valence-electron chi connectivity index (χ1n) is 9.30. The lowest BCUT2D eigenvalue weighted by atomic mass is 9.90. The number of hydrogen-bond acceptors (Lipinski definition) is 5. The third-order valence-electron chi connectivity index (χ3n) is 5.93. The highest BCUT2D eigenvalue weighted by atomic mass is 32.2. The van der Waals surface area contributed by atoms with E-state index < -0.39 is 10.0 Å². The minimum Gasteiger partial charge on any atom is -0.315 e. The van der Waals surface area contributed by atoms with Crippen LogP contribution in [-0.4, -0.2) is 42.9 Å². The number of nitrogens with zero attached hydrogens (tertiary/aromatic N) is 3. The zero-order chi connectivity index (χ0) is 18.1. The van der Waals surface area contributed by atoms with E-state index in [1.807, 2.05) is 13.0 Å². The number of thioether (sulfide) groups is 1. The van der Waals surface area contributed by atoms with E-state index in [-0.39, 0.29) is 6.04 Å². The van der Waals surface area contributed by atoms with Crippen LogP contribution in [0.1, 0.15) is 43.7 Å². The van der Waals surface area contributed by atoms with E-state index in [2.05, 4.69) is 22.4 Å². The summed E-state index contributed by atoms with van der Waals surface area (Å²) in [6.45, 7) is 1.98. The smallest absolute Gasteiger partial charge is 0.232 e. The molecule has 3 atom stereocenters. The molecule has 1 aromatic carbocycles. The van der Waals surface area contributed by atoms with Gasteiger partial charge in [-0.1, -0.05) is 30.7 Å². The average molecular weight is 390 g/mol. The van der Waals surface area contributed by atoms with E-state index in [0.717, 1.165) is 22.8 Å². The Hall–Kier alpha value is -1.47. The molecule has 0 bridgehead atoms. The summed E-state index contributed by atoms with van der Waals surface area (Å²) < 4.78 is 25.8. The number of hydrogen-bond donors (Lipinski definition) is 0. The van der Waals surface area contributed by atoms with Gasteiger partial charge >= 0.3 is 0 Å². The second-order valence-electron chi connectivity index (χ2n) is 7.78. The van der Waals surface area contributed by atoms with Gasteiger partial charge in [-0.3, -0.25) is 9.30 Å². The molecule has 1 fully saturated rings. The molecule has 0 saturated heterocycles. The first kappa shape index (κ1) is 16.7. The van der Waals surface area contributed by atoms with Gasteiger partial charge in [-0.2, -0.15) is 0 Å². The molecule has 0 radical (unpaired) electrons. The highest BCUT2D eigenvalue weighted by molar-refractivity contribution is 8.16. The summed E-state index contributed by atoms with van der Waals surface area (Å²) in [4.78, 5) is 7.38. The number of benzene rings is 1. The quantitative estimate of drug-likeness (QED) is 0.778. The molecule has 0 amide bonds. The maximum atomic E-state index is 12.1. The standard InChI is InChI=1S/C19H23N3O2S2/c1-12-9-14-10-13(7-8-16(14)22(12)26(2,23)24)18-11-25-19-20-15-5-3-4-6-17(15)21(18)19/h7-8,10-12,15,17H,3-6,9H2,1-2H3/t12-,15+,17-/m0/s1. The van der Waals surface area contributed by atoms with Crippen LogP contribution in [0.2, 0.25) is 0 Å². The van der Waals surface area contributed by atoms with Gasteiger partial charge in [0, 0.05) is 11.4 Å². The lowest BCUT2D eigenvalue weighted by Crippen LogP contribution is -2.38. The molecule has 5 rings (SSSR count). The van der Waals surface area contributed by atoms with Gasteiger partial charge in [0.15, 0.2) is 5.17 Å². The third-order valence-corrected chi connectivity index (χ3v) is 8.05. The second-order valence-corrected chi connectivity index (χ2v) is 10.5. The summed E-state index contributed by atoms with van der Waals surface area (Å²) >= 11 is 1.73. The maximum absolute atomic E-state index is 12.1. The van der Waals surface area contributed by atoms with Crippen molar-refractivity contribution < 1.29 is 8.42 Å². The molecule has 1 aliphatic carbocycles. The van der Waals surface area contributed by atoms with Crippen LogP contribution in [0, 0.1) is 0 Å². The van der Waals surface area contributed by atoms with Crippen LogP contribution < -0.4 is 4.31 Å². The van der Waals surface area contributed by atoms with Crippen molar-refractivity contribution in [2.45, 2.75) is 57.2 Å².